The highest BCUT2D eigenvalue weighted by atomic mass is 16.6. The van der Waals surface area contributed by atoms with Crippen LogP contribution in [0.15, 0.2) is 115 Å². The number of anilines is 2. The summed E-state index contributed by atoms with van der Waals surface area (Å²) in [7, 11) is 0. The van der Waals surface area contributed by atoms with Gasteiger partial charge in [0, 0.05) is 33.7 Å². The van der Waals surface area contributed by atoms with Crippen molar-refractivity contribution in [3.63, 3.8) is 0 Å². The molecular weight excluding hydrogens is 638 g/mol. The molecule has 5 aromatic carbocycles. The van der Waals surface area contributed by atoms with Crippen molar-refractivity contribution in [1.29, 1.82) is 0 Å². The van der Waals surface area contributed by atoms with Crippen LogP contribution in [0.4, 0.5) is 17.1 Å². The van der Waals surface area contributed by atoms with Gasteiger partial charge in [0.2, 0.25) is 0 Å². The van der Waals surface area contributed by atoms with Gasteiger partial charge in [0.1, 0.15) is 5.69 Å². The van der Waals surface area contributed by atoms with E-state index in [1.807, 2.05) is 100 Å². The summed E-state index contributed by atoms with van der Waals surface area (Å²) in [6.07, 6.45) is 0. The lowest BCUT2D eigenvalue weighted by Crippen LogP contribution is -2.16. The molecule has 9 nitrogen and oxygen atoms in total. The van der Waals surface area contributed by atoms with Crippen LogP contribution in [-0.2, 0) is 0 Å². The van der Waals surface area contributed by atoms with Crippen LogP contribution in [0.25, 0.3) is 44.3 Å². The van der Waals surface area contributed by atoms with Crippen LogP contribution in [0.1, 0.15) is 43.0 Å². The van der Waals surface area contributed by atoms with Crippen molar-refractivity contribution in [3.05, 3.63) is 159 Å². The summed E-state index contributed by atoms with van der Waals surface area (Å²) >= 11 is 0. The SMILES string of the molecule is Cc1ccc(-c2cc(C(=O)Nc3ccc([N+](=O)[O-])c(NC(=O)c4cc(-c5ccc(C)cc5C)nc5ccccc45)c3)c3ccccc3n2)c(C)c1. The number of amides is 2. The minimum Gasteiger partial charge on any atom is -0.322 e. The van der Waals surface area contributed by atoms with E-state index in [-0.39, 0.29) is 17.1 Å². The number of fused-ring (bicyclic) bond motifs is 2. The molecule has 0 radical (unpaired) electrons. The quantitative estimate of drug-likeness (QED) is 0.128. The summed E-state index contributed by atoms with van der Waals surface area (Å²) in [4.78, 5) is 49.1. The predicted molar refractivity (Wildman–Crippen MR) is 202 cm³/mol. The zero-order valence-electron chi connectivity index (χ0n) is 28.4. The Morgan fingerprint density at radius 1 is 0.588 bits per heavy atom. The van der Waals surface area contributed by atoms with E-state index >= 15 is 0 Å². The predicted octanol–water partition coefficient (Wildman–Crippen LogP) is 9.76. The third kappa shape index (κ3) is 6.52. The molecule has 51 heavy (non-hydrogen) atoms. The van der Waals surface area contributed by atoms with Gasteiger partial charge in [-0.3, -0.25) is 19.7 Å². The minimum atomic E-state index is -0.570. The molecule has 7 aromatic rings. The maximum Gasteiger partial charge on any atom is 0.292 e. The molecule has 0 aliphatic rings. The van der Waals surface area contributed by atoms with Gasteiger partial charge in [0.05, 0.1) is 38.5 Å². The number of nitro benzene ring substituents is 1. The monoisotopic (exact) mass is 671 g/mol. The molecule has 0 aliphatic heterocycles. The average Bonchev–Trinajstić information content (AvgIpc) is 3.10. The molecule has 7 rings (SSSR count). The second-order valence-electron chi connectivity index (χ2n) is 12.7. The molecular formula is C42H33N5O4. The lowest BCUT2D eigenvalue weighted by Gasteiger charge is -2.14. The molecule has 9 heteroatoms. The Kier molecular flexibility index (Phi) is 8.54. The van der Waals surface area contributed by atoms with Crippen LogP contribution in [0.2, 0.25) is 0 Å². The van der Waals surface area contributed by atoms with Crippen molar-refractivity contribution in [2.24, 2.45) is 0 Å². The number of hydrogen-bond acceptors (Lipinski definition) is 6. The van der Waals surface area contributed by atoms with Crippen LogP contribution in [0.3, 0.4) is 0 Å². The van der Waals surface area contributed by atoms with E-state index in [9.17, 15) is 19.7 Å². The maximum absolute atomic E-state index is 14.0. The molecule has 0 bridgehead atoms. The van der Waals surface area contributed by atoms with Gasteiger partial charge in [-0.05, 0) is 75.2 Å². The number of nitrogens with zero attached hydrogens (tertiary/aromatic N) is 3. The number of para-hydroxylation sites is 2. The Morgan fingerprint density at radius 3 is 1.57 bits per heavy atom. The molecule has 0 unspecified atom stereocenters. The van der Waals surface area contributed by atoms with E-state index in [0.717, 1.165) is 33.4 Å². The van der Waals surface area contributed by atoms with Crippen LogP contribution >= 0.6 is 0 Å². The molecule has 2 amide bonds. The van der Waals surface area contributed by atoms with Gasteiger partial charge in [-0.2, -0.15) is 0 Å². The summed E-state index contributed by atoms with van der Waals surface area (Å²) in [6.45, 7) is 8.02. The van der Waals surface area contributed by atoms with Crippen molar-refractivity contribution < 1.29 is 14.5 Å². The minimum absolute atomic E-state index is 0.0627. The van der Waals surface area contributed by atoms with E-state index in [2.05, 4.69) is 16.7 Å². The highest BCUT2D eigenvalue weighted by molar-refractivity contribution is 6.15. The van der Waals surface area contributed by atoms with Crippen molar-refractivity contribution in [1.82, 2.24) is 9.97 Å². The van der Waals surface area contributed by atoms with E-state index < -0.39 is 16.7 Å². The lowest BCUT2D eigenvalue weighted by atomic mass is 9.99. The van der Waals surface area contributed by atoms with E-state index in [0.29, 0.717) is 44.3 Å². The summed E-state index contributed by atoms with van der Waals surface area (Å²) in [5.41, 5.74) is 9.15. The second kappa shape index (κ2) is 13.3. The fraction of sp³-hybridized carbons (Fsp3) is 0.0952. The Balaban J connectivity index is 1.25. The fourth-order valence-electron chi connectivity index (χ4n) is 6.47. The number of hydrogen-bond donors (Lipinski definition) is 2. The average molecular weight is 672 g/mol. The zero-order chi connectivity index (χ0) is 35.8. The summed E-state index contributed by atoms with van der Waals surface area (Å²) in [6, 6.07) is 34.3. The first-order chi connectivity index (χ1) is 24.5. The highest BCUT2D eigenvalue weighted by Gasteiger charge is 2.22. The van der Waals surface area contributed by atoms with E-state index in [1.165, 1.54) is 18.2 Å². The molecule has 0 aliphatic carbocycles. The summed E-state index contributed by atoms with van der Waals surface area (Å²) in [5.74, 6) is -0.978. The third-order valence-electron chi connectivity index (χ3n) is 8.94. The molecule has 0 fully saturated rings. The summed E-state index contributed by atoms with van der Waals surface area (Å²) < 4.78 is 0. The van der Waals surface area contributed by atoms with E-state index in [4.69, 9.17) is 9.97 Å². The van der Waals surface area contributed by atoms with Gasteiger partial charge in [-0.25, -0.2) is 9.97 Å². The van der Waals surface area contributed by atoms with Gasteiger partial charge in [-0.15, -0.1) is 0 Å². The third-order valence-corrected chi connectivity index (χ3v) is 8.94. The van der Waals surface area contributed by atoms with Gasteiger partial charge in [0.25, 0.3) is 17.5 Å². The van der Waals surface area contributed by atoms with Gasteiger partial charge < -0.3 is 10.6 Å². The number of rotatable bonds is 7. The van der Waals surface area contributed by atoms with E-state index in [1.54, 1.807) is 18.2 Å². The number of benzene rings is 5. The number of carbonyl (C=O) groups excluding carboxylic acids is 2. The zero-order valence-corrected chi connectivity index (χ0v) is 28.4. The standard InChI is InChI=1S/C42H33N5O4/c1-24-13-16-29(26(3)19-24)37-22-33(31-9-5-7-11-35(31)44-37)41(48)43-28-15-18-40(47(50)51)39(21-28)46-42(49)34-23-38(30-17-14-25(2)20-27(30)4)45-36-12-8-6-10-32(34)36/h5-23H,1-4H3,(H,43,48)(H,46,49). The Hall–Kier alpha value is -6.74. The largest absolute Gasteiger partial charge is 0.322 e. The number of carbonyl (C=O) groups is 2. The number of nitro groups is 1. The Labute approximate surface area is 294 Å². The first-order valence-corrected chi connectivity index (χ1v) is 16.4. The van der Waals surface area contributed by atoms with Crippen molar-refractivity contribution in [2.45, 2.75) is 27.7 Å². The van der Waals surface area contributed by atoms with Crippen molar-refractivity contribution >= 4 is 50.7 Å². The van der Waals surface area contributed by atoms with Crippen LogP contribution in [0.5, 0.6) is 0 Å². The van der Waals surface area contributed by atoms with Crippen molar-refractivity contribution in [2.75, 3.05) is 10.6 Å². The van der Waals surface area contributed by atoms with Crippen molar-refractivity contribution in [3.8, 4) is 22.5 Å². The highest BCUT2D eigenvalue weighted by Crippen LogP contribution is 2.33. The lowest BCUT2D eigenvalue weighted by molar-refractivity contribution is -0.383. The number of aromatic nitrogens is 2. The smallest absolute Gasteiger partial charge is 0.292 e. The van der Waals surface area contributed by atoms with Crippen LogP contribution in [0, 0.1) is 37.8 Å². The van der Waals surface area contributed by atoms with Gasteiger partial charge >= 0.3 is 0 Å². The molecule has 250 valence electrons. The fourth-order valence-corrected chi connectivity index (χ4v) is 6.47. The Morgan fingerprint density at radius 2 is 1.08 bits per heavy atom. The van der Waals surface area contributed by atoms with Gasteiger partial charge in [-0.1, -0.05) is 83.9 Å². The first kappa shape index (κ1) is 32.8. The number of pyridine rings is 2. The maximum atomic E-state index is 14.0. The Bertz CT molecular complexity index is 2560. The molecule has 0 saturated carbocycles. The second-order valence-corrected chi connectivity index (χ2v) is 12.7. The van der Waals surface area contributed by atoms with Crippen LogP contribution < -0.4 is 10.6 Å². The number of nitrogens with one attached hydrogen (secondary N) is 2. The number of aryl methyl sites for hydroxylation is 4. The normalized spacial score (nSPS) is 11.1. The van der Waals surface area contributed by atoms with Gasteiger partial charge in [0.15, 0.2) is 0 Å². The van der Waals surface area contributed by atoms with Crippen LogP contribution in [-0.4, -0.2) is 26.7 Å². The molecule has 0 spiro atoms. The topological polar surface area (TPSA) is 127 Å². The molecule has 0 saturated heterocycles. The molecule has 2 aromatic heterocycles. The molecule has 2 N–H and O–H groups in total. The molecule has 2 heterocycles. The molecule has 0 atom stereocenters. The first-order valence-electron chi connectivity index (χ1n) is 16.4. The summed E-state index contributed by atoms with van der Waals surface area (Å²) in [5, 5.41) is 19.0.